The lowest BCUT2D eigenvalue weighted by Gasteiger charge is -2.25. The summed E-state index contributed by atoms with van der Waals surface area (Å²) in [7, 11) is 3.87. The van der Waals surface area contributed by atoms with Crippen LogP contribution in [0.5, 0.6) is 0 Å². The smallest absolute Gasteiger partial charge is 0.300 e. The van der Waals surface area contributed by atoms with Gasteiger partial charge in [0.05, 0.1) is 23.5 Å². The van der Waals surface area contributed by atoms with Gasteiger partial charge in [-0.2, -0.15) is 0 Å². The molecule has 3 aromatic rings. The Balaban J connectivity index is 1.92. The standard InChI is InChI=1S/C24H21N3O3/c1-26(2)18-12-10-16(11-13-18)21-20(22(28)17-7-4-3-5-8-17)23(29)24(30)27(21)19-9-6-14-25-15-19/h3-15,21,28H,1-2H3/b22-20+. The van der Waals surface area contributed by atoms with Crippen molar-refractivity contribution >= 4 is 28.8 Å². The van der Waals surface area contributed by atoms with Gasteiger partial charge in [-0.25, -0.2) is 0 Å². The van der Waals surface area contributed by atoms with E-state index >= 15 is 0 Å². The van der Waals surface area contributed by atoms with Gasteiger partial charge in [0.15, 0.2) is 0 Å². The highest BCUT2D eigenvalue weighted by atomic mass is 16.3. The molecule has 0 spiro atoms. The molecule has 4 rings (SSSR count). The van der Waals surface area contributed by atoms with Crippen molar-refractivity contribution in [3.63, 3.8) is 0 Å². The number of anilines is 2. The highest BCUT2D eigenvalue weighted by Crippen LogP contribution is 2.42. The number of rotatable bonds is 4. The molecule has 0 bridgehead atoms. The molecule has 6 nitrogen and oxygen atoms in total. The number of carbonyl (C=O) groups excluding carboxylic acids is 2. The number of nitrogens with zero attached hydrogens (tertiary/aromatic N) is 3. The predicted octanol–water partition coefficient (Wildman–Crippen LogP) is 3.77. The van der Waals surface area contributed by atoms with E-state index in [2.05, 4.69) is 4.98 Å². The van der Waals surface area contributed by atoms with Crippen molar-refractivity contribution < 1.29 is 14.7 Å². The average molecular weight is 399 g/mol. The van der Waals surface area contributed by atoms with Crippen LogP contribution < -0.4 is 9.80 Å². The monoisotopic (exact) mass is 399 g/mol. The molecular formula is C24H21N3O3. The van der Waals surface area contributed by atoms with Crippen molar-refractivity contribution in [3.05, 3.63) is 95.8 Å². The third-order valence-electron chi connectivity index (χ3n) is 5.14. The molecule has 1 amide bonds. The number of aliphatic hydroxyl groups excluding tert-OH is 1. The van der Waals surface area contributed by atoms with E-state index in [0.717, 1.165) is 11.3 Å². The fraction of sp³-hybridized carbons (Fsp3) is 0.125. The maximum atomic E-state index is 13.0. The number of carbonyl (C=O) groups is 2. The van der Waals surface area contributed by atoms with E-state index in [1.807, 2.05) is 49.3 Å². The van der Waals surface area contributed by atoms with Gasteiger partial charge in [-0.05, 0) is 29.8 Å². The number of amides is 1. The summed E-state index contributed by atoms with van der Waals surface area (Å²) in [4.78, 5) is 33.5. The first-order chi connectivity index (χ1) is 14.5. The third kappa shape index (κ3) is 3.33. The highest BCUT2D eigenvalue weighted by Gasteiger charge is 2.47. The lowest BCUT2D eigenvalue weighted by molar-refractivity contribution is -0.132. The molecule has 1 saturated heterocycles. The molecule has 1 atom stereocenters. The topological polar surface area (TPSA) is 73.7 Å². The summed E-state index contributed by atoms with van der Waals surface area (Å²) in [5, 5.41) is 11.0. The number of benzene rings is 2. The summed E-state index contributed by atoms with van der Waals surface area (Å²) in [5.74, 6) is -1.61. The van der Waals surface area contributed by atoms with Crippen molar-refractivity contribution in [1.82, 2.24) is 4.98 Å². The summed E-state index contributed by atoms with van der Waals surface area (Å²) in [5.41, 5.74) is 2.75. The molecule has 0 saturated carbocycles. The van der Waals surface area contributed by atoms with Gasteiger partial charge in [-0.1, -0.05) is 42.5 Å². The molecule has 1 aliphatic rings. The van der Waals surface area contributed by atoms with Crippen molar-refractivity contribution in [3.8, 4) is 0 Å². The van der Waals surface area contributed by atoms with Crippen LogP contribution in [0.2, 0.25) is 0 Å². The minimum Gasteiger partial charge on any atom is -0.507 e. The van der Waals surface area contributed by atoms with Crippen LogP contribution in [-0.4, -0.2) is 35.9 Å². The Morgan fingerprint density at radius 3 is 2.27 bits per heavy atom. The maximum absolute atomic E-state index is 13.0. The average Bonchev–Trinajstić information content (AvgIpc) is 3.05. The number of hydrogen-bond acceptors (Lipinski definition) is 5. The van der Waals surface area contributed by atoms with Crippen LogP contribution in [-0.2, 0) is 9.59 Å². The number of ketones is 1. The largest absolute Gasteiger partial charge is 0.507 e. The minimum atomic E-state index is -0.759. The van der Waals surface area contributed by atoms with Gasteiger partial charge in [0.1, 0.15) is 5.76 Å². The molecule has 1 fully saturated rings. The highest BCUT2D eigenvalue weighted by molar-refractivity contribution is 6.51. The molecule has 1 aromatic heterocycles. The van der Waals surface area contributed by atoms with Gasteiger partial charge < -0.3 is 10.0 Å². The van der Waals surface area contributed by atoms with E-state index in [1.54, 1.807) is 42.6 Å². The van der Waals surface area contributed by atoms with Crippen LogP contribution in [0.3, 0.4) is 0 Å². The lowest BCUT2D eigenvalue weighted by atomic mass is 9.95. The molecule has 0 aliphatic carbocycles. The van der Waals surface area contributed by atoms with Gasteiger partial charge in [0.25, 0.3) is 11.7 Å². The van der Waals surface area contributed by atoms with E-state index in [0.29, 0.717) is 11.3 Å². The summed E-state index contributed by atoms with van der Waals surface area (Å²) < 4.78 is 0. The third-order valence-corrected chi connectivity index (χ3v) is 5.14. The van der Waals surface area contributed by atoms with Crippen molar-refractivity contribution in [2.75, 3.05) is 23.9 Å². The summed E-state index contributed by atoms with van der Waals surface area (Å²) in [6, 6.07) is 19.0. The van der Waals surface area contributed by atoms with E-state index in [-0.39, 0.29) is 11.3 Å². The van der Waals surface area contributed by atoms with Gasteiger partial charge >= 0.3 is 0 Å². The van der Waals surface area contributed by atoms with Crippen LogP contribution >= 0.6 is 0 Å². The van der Waals surface area contributed by atoms with Crippen LogP contribution in [0.25, 0.3) is 5.76 Å². The SMILES string of the molecule is CN(C)c1ccc(C2/C(=C(\O)c3ccccc3)C(=O)C(=O)N2c2cccnc2)cc1. The van der Waals surface area contributed by atoms with E-state index in [4.69, 9.17) is 0 Å². The van der Waals surface area contributed by atoms with Gasteiger partial charge in [0.2, 0.25) is 0 Å². The van der Waals surface area contributed by atoms with Gasteiger partial charge in [-0.3, -0.25) is 19.5 Å². The fourth-order valence-electron chi connectivity index (χ4n) is 3.62. The van der Waals surface area contributed by atoms with Crippen LogP contribution in [0, 0.1) is 0 Å². The number of hydrogen-bond donors (Lipinski definition) is 1. The molecule has 2 heterocycles. The number of aliphatic hydroxyl groups is 1. The quantitative estimate of drug-likeness (QED) is 0.411. The molecule has 150 valence electrons. The van der Waals surface area contributed by atoms with Gasteiger partial charge in [-0.15, -0.1) is 0 Å². The van der Waals surface area contributed by atoms with Gasteiger partial charge in [0, 0.05) is 31.5 Å². The van der Waals surface area contributed by atoms with E-state index < -0.39 is 17.7 Å². The first-order valence-electron chi connectivity index (χ1n) is 9.53. The molecule has 2 aromatic carbocycles. The second-order valence-electron chi connectivity index (χ2n) is 7.23. The van der Waals surface area contributed by atoms with Crippen molar-refractivity contribution in [2.45, 2.75) is 6.04 Å². The molecular weight excluding hydrogens is 378 g/mol. The summed E-state index contributed by atoms with van der Waals surface area (Å²) >= 11 is 0. The van der Waals surface area contributed by atoms with E-state index in [9.17, 15) is 14.7 Å². The Hall–Kier alpha value is -3.93. The van der Waals surface area contributed by atoms with Crippen molar-refractivity contribution in [1.29, 1.82) is 0 Å². The Morgan fingerprint density at radius 1 is 0.967 bits per heavy atom. The molecule has 0 radical (unpaired) electrons. The number of Topliss-reactive ketones (excluding diaryl/α,β-unsaturated/α-hetero) is 1. The maximum Gasteiger partial charge on any atom is 0.300 e. The number of pyridine rings is 1. The zero-order valence-corrected chi connectivity index (χ0v) is 16.7. The Bertz CT molecular complexity index is 1110. The lowest BCUT2D eigenvalue weighted by Crippen LogP contribution is -2.29. The van der Waals surface area contributed by atoms with Crippen molar-refractivity contribution in [2.24, 2.45) is 0 Å². The normalized spacial score (nSPS) is 17.9. The van der Waals surface area contributed by atoms with E-state index in [1.165, 1.54) is 11.1 Å². The summed E-state index contributed by atoms with van der Waals surface area (Å²) in [6.07, 6.45) is 3.14. The Kier molecular flexibility index (Phi) is 5.06. The second kappa shape index (κ2) is 7.83. The number of aromatic nitrogens is 1. The van der Waals surface area contributed by atoms with Crippen LogP contribution in [0.4, 0.5) is 11.4 Å². The predicted molar refractivity (Wildman–Crippen MR) is 116 cm³/mol. The summed E-state index contributed by atoms with van der Waals surface area (Å²) in [6.45, 7) is 0. The zero-order valence-electron chi connectivity index (χ0n) is 16.7. The Labute approximate surface area is 174 Å². The second-order valence-corrected chi connectivity index (χ2v) is 7.23. The van der Waals surface area contributed by atoms with Crippen LogP contribution in [0.1, 0.15) is 17.2 Å². The first kappa shape index (κ1) is 19.4. The molecule has 30 heavy (non-hydrogen) atoms. The minimum absolute atomic E-state index is 0.0626. The molecule has 6 heteroatoms. The molecule has 1 unspecified atom stereocenters. The van der Waals surface area contributed by atoms with Crippen LogP contribution in [0.15, 0.2) is 84.7 Å². The zero-order chi connectivity index (χ0) is 21.3. The fourth-order valence-corrected chi connectivity index (χ4v) is 3.62. The molecule has 1 aliphatic heterocycles. The first-order valence-corrected chi connectivity index (χ1v) is 9.53. The molecule has 1 N–H and O–H groups in total. The Morgan fingerprint density at radius 2 is 1.67 bits per heavy atom.